The Morgan fingerprint density at radius 2 is 1.76 bits per heavy atom. The Kier molecular flexibility index (Phi) is 3.68. The molecule has 0 fully saturated rings. The molecule has 0 amide bonds. The van der Waals surface area contributed by atoms with Crippen LogP contribution in [0, 0.1) is 20.8 Å². The SMILES string of the molecule is Cc1cc(C)c(C(N)c2cc(Cl)cc3c2OCC3)c(C)c1. The van der Waals surface area contributed by atoms with Crippen LogP contribution in [0.1, 0.15) is 39.4 Å². The highest BCUT2D eigenvalue weighted by atomic mass is 35.5. The molecule has 1 atom stereocenters. The van der Waals surface area contributed by atoms with Crippen molar-refractivity contribution in [2.75, 3.05) is 6.61 Å². The van der Waals surface area contributed by atoms with E-state index >= 15 is 0 Å². The molecule has 0 aromatic heterocycles. The van der Waals surface area contributed by atoms with Crippen molar-refractivity contribution < 1.29 is 4.74 Å². The Morgan fingerprint density at radius 1 is 1.10 bits per heavy atom. The van der Waals surface area contributed by atoms with E-state index in [4.69, 9.17) is 22.1 Å². The molecule has 1 aliphatic rings. The van der Waals surface area contributed by atoms with Crippen LogP contribution in [0.5, 0.6) is 5.75 Å². The molecule has 2 aromatic carbocycles. The number of halogens is 1. The fraction of sp³-hybridized carbons (Fsp3) is 0.333. The van der Waals surface area contributed by atoms with Gasteiger partial charge >= 0.3 is 0 Å². The van der Waals surface area contributed by atoms with Gasteiger partial charge in [0.25, 0.3) is 0 Å². The zero-order chi connectivity index (χ0) is 15.1. The summed E-state index contributed by atoms with van der Waals surface area (Å²) >= 11 is 6.25. The highest BCUT2D eigenvalue weighted by Crippen LogP contribution is 2.39. The van der Waals surface area contributed by atoms with Crippen LogP contribution in [0.4, 0.5) is 0 Å². The fourth-order valence-corrected chi connectivity index (χ4v) is 3.62. The third-order valence-corrected chi connectivity index (χ3v) is 4.38. The summed E-state index contributed by atoms with van der Waals surface area (Å²) in [5.74, 6) is 0.922. The first-order valence-corrected chi connectivity index (χ1v) is 7.63. The van der Waals surface area contributed by atoms with Crippen molar-refractivity contribution in [3.63, 3.8) is 0 Å². The van der Waals surface area contributed by atoms with Gasteiger partial charge in [-0.1, -0.05) is 29.3 Å². The molecule has 1 heterocycles. The number of nitrogens with two attached hydrogens (primary N) is 1. The van der Waals surface area contributed by atoms with Crippen molar-refractivity contribution in [1.29, 1.82) is 0 Å². The fourth-order valence-electron chi connectivity index (χ4n) is 3.37. The zero-order valence-corrected chi connectivity index (χ0v) is 13.4. The standard InChI is InChI=1S/C18H20ClNO/c1-10-6-11(2)16(12(3)7-10)17(20)15-9-14(19)8-13-4-5-21-18(13)15/h6-9,17H,4-5,20H2,1-3H3. The zero-order valence-electron chi connectivity index (χ0n) is 12.7. The molecule has 0 saturated heterocycles. The number of fused-ring (bicyclic) bond motifs is 1. The molecule has 3 rings (SSSR count). The minimum atomic E-state index is -0.212. The normalized spacial score (nSPS) is 14.7. The van der Waals surface area contributed by atoms with Gasteiger partial charge in [0, 0.05) is 17.0 Å². The molecule has 110 valence electrons. The van der Waals surface area contributed by atoms with Gasteiger partial charge in [-0.05, 0) is 55.2 Å². The predicted molar refractivity (Wildman–Crippen MR) is 87.3 cm³/mol. The maximum absolute atomic E-state index is 6.57. The molecule has 0 bridgehead atoms. The van der Waals surface area contributed by atoms with Crippen molar-refractivity contribution in [3.05, 3.63) is 62.7 Å². The van der Waals surface area contributed by atoms with E-state index in [0.29, 0.717) is 6.61 Å². The van der Waals surface area contributed by atoms with E-state index in [9.17, 15) is 0 Å². The van der Waals surface area contributed by atoms with E-state index in [1.807, 2.05) is 12.1 Å². The van der Waals surface area contributed by atoms with Gasteiger partial charge < -0.3 is 10.5 Å². The number of benzene rings is 2. The quantitative estimate of drug-likeness (QED) is 0.900. The minimum Gasteiger partial charge on any atom is -0.493 e. The van der Waals surface area contributed by atoms with Gasteiger partial charge in [0.2, 0.25) is 0 Å². The molecule has 0 aliphatic carbocycles. The van der Waals surface area contributed by atoms with Gasteiger partial charge in [0.15, 0.2) is 0 Å². The largest absolute Gasteiger partial charge is 0.493 e. The predicted octanol–water partition coefficient (Wildman–Crippen LogP) is 4.25. The molecule has 2 aromatic rings. The summed E-state index contributed by atoms with van der Waals surface area (Å²) in [6.45, 7) is 7.04. The van der Waals surface area contributed by atoms with E-state index in [1.54, 1.807) is 0 Å². The smallest absolute Gasteiger partial charge is 0.127 e. The third kappa shape index (κ3) is 2.54. The lowest BCUT2D eigenvalue weighted by molar-refractivity contribution is 0.352. The molecule has 2 nitrogen and oxygen atoms in total. The monoisotopic (exact) mass is 301 g/mol. The van der Waals surface area contributed by atoms with Crippen LogP contribution < -0.4 is 10.5 Å². The second-order valence-corrected chi connectivity index (χ2v) is 6.31. The van der Waals surface area contributed by atoms with Gasteiger partial charge in [-0.15, -0.1) is 0 Å². The first-order chi connectivity index (χ1) is 9.97. The molecular weight excluding hydrogens is 282 g/mol. The molecule has 0 spiro atoms. The molecule has 1 aliphatic heterocycles. The lowest BCUT2D eigenvalue weighted by Gasteiger charge is -2.21. The lowest BCUT2D eigenvalue weighted by atomic mass is 9.89. The van der Waals surface area contributed by atoms with Gasteiger partial charge in [-0.25, -0.2) is 0 Å². The Morgan fingerprint density at radius 3 is 2.43 bits per heavy atom. The molecule has 0 saturated carbocycles. The van der Waals surface area contributed by atoms with Crippen LogP contribution >= 0.6 is 11.6 Å². The number of ether oxygens (including phenoxy) is 1. The van der Waals surface area contributed by atoms with Gasteiger partial charge in [0.05, 0.1) is 12.6 Å². The van der Waals surface area contributed by atoms with Crippen molar-refractivity contribution in [1.82, 2.24) is 0 Å². The summed E-state index contributed by atoms with van der Waals surface area (Å²) in [5, 5.41) is 0.729. The summed E-state index contributed by atoms with van der Waals surface area (Å²) in [6.07, 6.45) is 0.904. The lowest BCUT2D eigenvalue weighted by Crippen LogP contribution is -2.16. The van der Waals surface area contributed by atoms with Crippen LogP contribution in [0.2, 0.25) is 5.02 Å². The van der Waals surface area contributed by atoms with Crippen molar-refractivity contribution in [2.24, 2.45) is 5.73 Å². The van der Waals surface area contributed by atoms with Crippen LogP contribution in [0.25, 0.3) is 0 Å². The maximum Gasteiger partial charge on any atom is 0.127 e. The number of hydrogen-bond donors (Lipinski definition) is 1. The Bertz CT molecular complexity index is 686. The Hall–Kier alpha value is -1.51. The molecule has 1 unspecified atom stereocenters. The average molecular weight is 302 g/mol. The van der Waals surface area contributed by atoms with Crippen molar-refractivity contribution >= 4 is 11.6 Å². The number of aryl methyl sites for hydroxylation is 3. The topological polar surface area (TPSA) is 35.2 Å². The molecular formula is C18H20ClNO. The summed E-state index contributed by atoms with van der Waals surface area (Å²) in [7, 11) is 0. The van der Waals surface area contributed by atoms with E-state index in [2.05, 4.69) is 32.9 Å². The second kappa shape index (κ2) is 5.36. The van der Waals surface area contributed by atoms with Crippen molar-refractivity contribution in [2.45, 2.75) is 33.2 Å². The first kappa shape index (κ1) is 14.4. The minimum absolute atomic E-state index is 0.212. The molecule has 3 heteroatoms. The van der Waals surface area contributed by atoms with Gasteiger partial charge in [-0.3, -0.25) is 0 Å². The molecule has 2 N–H and O–H groups in total. The second-order valence-electron chi connectivity index (χ2n) is 5.87. The average Bonchev–Trinajstić information content (AvgIpc) is 2.84. The first-order valence-electron chi connectivity index (χ1n) is 7.26. The third-order valence-electron chi connectivity index (χ3n) is 4.16. The van der Waals surface area contributed by atoms with E-state index in [1.165, 1.54) is 22.3 Å². The van der Waals surface area contributed by atoms with Crippen LogP contribution in [0.3, 0.4) is 0 Å². The van der Waals surface area contributed by atoms with Gasteiger partial charge in [-0.2, -0.15) is 0 Å². The summed E-state index contributed by atoms with van der Waals surface area (Å²) in [4.78, 5) is 0. The van der Waals surface area contributed by atoms with E-state index in [0.717, 1.165) is 28.3 Å². The Balaban J connectivity index is 2.14. The summed E-state index contributed by atoms with van der Waals surface area (Å²) in [5.41, 5.74) is 13.6. The van der Waals surface area contributed by atoms with Crippen LogP contribution in [0.15, 0.2) is 24.3 Å². The number of rotatable bonds is 2. The van der Waals surface area contributed by atoms with Gasteiger partial charge in [0.1, 0.15) is 5.75 Å². The molecule has 21 heavy (non-hydrogen) atoms. The van der Waals surface area contributed by atoms with Crippen LogP contribution in [-0.2, 0) is 6.42 Å². The van der Waals surface area contributed by atoms with E-state index in [-0.39, 0.29) is 6.04 Å². The number of hydrogen-bond acceptors (Lipinski definition) is 2. The van der Waals surface area contributed by atoms with Crippen molar-refractivity contribution in [3.8, 4) is 5.75 Å². The highest BCUT2D eigenvalue weighted by molar-refractivity contribution is 6.30. The maximum atomic E-state index is 6.57. The summed E-state index contributed by atoms with van der Waals surface area (Å²) < 4.78 is 5.79. The molecule has 0 radical (unpaired) electrons. The Labute approximate surface area is 130 Å². The van der Waals surface area contributed by atoms with E-state index < -0.39 is 0 Å². The highest BCUT2D eigenvalue weighted by Gasteiger charge is 2.24. The summed E-state index contributed by atoms with van der Waals surface area (Å²) in [6, 6.07) is 8.06. The van der Waals surface area contributed by atoms with Crippen LogP contribution in [-0.4, -0.2) is 6.61 Å².